The van der Waals surface area contributed by atoms with Gasteiger partial charge in [-0.15, -0.1) is 0 Å². The number of nitrogens with two attached hydrogens (primary N) is 2. The van der Waals surface area contributed by atoms with E-state index in [-0.39, 0.29) is 22.6 Å². The molecule has 4 rings (SSSR count). The molecule has 0 unspecified atom stereocenters. The van der Waals surface area contributed by atoms with E-state index in [1.54, 1.807) is 48.5 Å². The highest BCUT2D eigenvalue weighted by Gasteiger charge is 2.10. The zero-order valence-corrected chi connectivity index (χ0v) is 26.0. The minimum Gasteiger partial charge on any atom is -0.478 e. The Kier molecular flexibility index (Phi) is 15.6. The van der Waals surface area contributed by atoms with Gasteiger partial charge in [-0.25, -0.2) is 19.2 Å². The molecule has 0 saturated heterocycles. The molecule has 0 amide bonds. The van der Waals surface area contributed by atoms with Crippen LogP contribution in [0.5, 0.6) is 11.5 Å². The van der Waals surface area contributed by atoms with Crippen LogP contribution in [0.4, 0.5) is 11.4 Å². The van der Waals surface area contributed by atoms with Crippen molar-refractivity contribution in [2.45, 2.75) is 52.4 Å². The summed E-state index contributed by atoms with van der Waals surface area (Å²) in [5.41, 5.74) is 13.2. The number of carboxylic acid groups (broad SMARTS) is 2. The highest BCUT2D eigenvalue weighted by Crippen LogP contribution is 2.16. The molecular formula is C36H40N2O8. The molecule has 4 aromatic carbocycles. The molecule has 0 spiro atoms. The molecule has 0 atom stereocenters. The average Bonchev–Trinajstić information content (AvgIpc) is 3.05. The topological polar surface area (TPSA) is 179 Å². The Hall–Kier alpha value is -5.64. The summed E-state index contributed by atoms with van der Waals surface area (Å²) < 4.78 is 10.2. The molecule has 10 heteroatoms. The maximum absolute atomic E-state index is 11.8. The molecule has 242 valence electrons. The fraction of sp³-hybridized carbons (Fsp3) is 0.222. The van der Waals surface area contributed by atoms with E-state index in [0.717, 1.165) is 0 Å². The zero-order valence-electron chi connectivity index (χ0n) is 26.0. The van der Waals surface area contributed by atoms with Gasteiger partial charge in [-0.3, -0.25) is 0 Å². The maximum Gasteiger partial charge on any atom is 0.343 e. The van der Waals surface area contributed by atoms with Crippen LogP contribution in [-0.2, 0) is 0 Å². The number of unbranched alkanes of at least 4 members (excludes halogenated alkanes) is 5. The summed E-state index contributed by atoms with van der Waals surface area (Å²) in [6, 6.07) is 23.8. The third kappa shape index (κ3) is 13.3. The van der Waals surface area contributed by atoms with Gasteiger partial charge in [0.2, 0.25) is 0 Å². The van der Waals surface area contributed by atoms with Crippen LogP contribution < -0.4 is 20.9 Å². The number of ether oxygens (including phenoxy) is 2. The van der Waals surface area contributed by atoms with Gasteiger partial charge in [0, 0.05) is 11.4 Å². The minimum atomic E-state index is -1.03. The van der Waals surface area contributed by atoms with E-state index in [1.165, 1.54) is 87.1 Å². The van der Waals surface area contributed by atoms with E-state index in [9.17, 15) is 19.2 Å². The third-order valence-electron chi connectivity index (χ3n) is 6.37. The third-order valence-corrected chi connectivity index (χ3v) is 6.37. The lowest BCUT2D eigenvalue weighted by Crippen LogP contribution is -2.08. The highest BCUT2D eigenvalue weighted by atomic mass is 16.5. The number of rotatable bonds is 11. The van der Waals surface area contributed by atoms with E-state index in [2.05, 4.69) is 13.8 Å². The van der Waals surface area contributed by atoms with Crippen molar-refractivity contribution in [1.29, 1.82) is 0 Å². The normalized spacial score (nSPS) is 9.87. The van der Waals surface area contributed by atoms with Gasteiger partial charge >= 0.3 is 23.9 Å². The van der Waals surface area contributed by atoms with E-state index >= 15 is 0 Å². The van der Waals surface area contributed by atoms with Gasteiger partial charge in [-0.05, 0) is 97.1 Å². The van der Waals surface area contributed by atoms with E-state index in [0.29, 0.717) is 22.5 Å². The van der Waals surface area contributed by atoms with Gasteiger partial charge in [0.05, 0.1) is 22.3 Å². The second-order valence-electron chi connectivity index (χ2n) is 10.1. The van der Waals surface area contributed by atoms with Crippen molar-refractivity contribution in [3.63, 3.8) is 0 Å². The number of hydrogen-bond acceptors (Lipinski definition) is 8. The molecule has 10 nitrogen and oxygen atoms in total. The van der Waals surface area contributed by atoms with Gasteiger partial charge in [-0.2, -0.15) is 0 Å². The van der Waals surface area contributed by atoms with Gasteiger partial charge in [0.15, 0.2) is 0 Å². The Balaban J connectivity index is 0.000000261. The smallest absolute Gasteiger partial charge is 0.343 e. The molecule has 0 radical (unpaired) electrons. The number of aromatic carboxylic acids is 2. The number of anilines is 2. The monoisotopic (exact) mass is 628 g/mol. The standard InChI is InChI=1S/2C14H11NO4.C8H18/c2*15-11-5-1-10(2-6-11)14(18)19-12-7-3-9(4-8-12)13(16)17;1-3-5-7-8-6-4-2/h2*1-8H,15H2,(H,16,17);3-8H2,1-2H3. The lowest BCUT2D eigenvalue weighted by molar-refractivity contribution is 0.0685. The minimum absolute atomic E-state index is 0.132. The Morgan fingerprint density at radius 2 is 0.761 bits per heavy atom. The summed E-state index contributed by atoms with van der Waals surface area (Å²) >= 11 is 0. The lowest BCUT2D eigenvalue weighted by Gasteiger charge is -2.04. The van der Waals surface area contributed by atoms with Crippen molar-refractivity contribution in [2.24, 2.45) is 0 Å². The predicted molar refractivity (Wildman–Crippen MR) is 177 cm³/mol. The molecule has 0 heterocycles. The predicted octanol–water partition coefficient (Wildman–Crippen LogP) is 7.74. The molecule has 6 N–H and O–H groups in total. The number of carboxylic acids is 2. The second kappa shape index (κ2) is 19.6. The van der Waals surface area contributed by atoms with Gasteiger partial charge in [0.1, 0.15) is 11.5 Å². The van der Waals surface area contributed by atoms with Crippen molar-refractivity contribution in [3.05, 3.63) is 119 Å². The first-order valence-electron chi connectivity index (χ1n) is 14.9. The molecule has 0 aliphatic rings. The fourth-order valence-corrected chi connectivity index (χ4v) is 3.75. The number of carbonyl (C=O) groups excluding carboxylic acids is 2. The lowest BCUT2D eigenvalue weighted by atomic mass is 10.1. The van der Waals surface area contributed by atoms with Crippen LogP contribution in [0.25, 0.3) is 0 Å². The summed E-state index contributed by atoms with van der Waals surface area (Å²) in [5, 5.41) is 17.5. The summed E-state index contributed by atoms with van der Waals surface area (Å²) in [6.07, 6.45) is 8.49. The van der Waals surface area contributed by atoms with Gasteiger partial charge in [-0.1, -0.05) is 52.4 Å². The highest BCUT2D eigenvalue weighted by molar-refractivity contribution is 5.92. The van der Waals surface area contributed by atoms with Crippen LogP contribution in [0.1, 0.15) is 93.8 Å². The fourth-order valence-electron chi connectivity index (χ4n) is 3.75. The summed E-state index contributed by atoms with van der Waals surface area (Å²) in [7, 11) is 0. The summed E-state index contributed by atoms with van der Waals surface area (Å²) in [6.45, 7) is 4.51. The number of nitrogen functional groups attached to an aromatic ring is 2. The van der Waals surface area contributed by atoms with Crippen LogP contribution in [-0.4, -0.2) is 34.1 Å². The second-order valence-corrected chi connectivity index (χ2v) is 10.1. The quantitative estimate of drug-likeness (QED) is 0.0555. The molecule has 0 aromatic heterocycles. The van der Waals surface area contributed by atoms with Crippen molar-refractivity contribution in [1.82, 2.24) is 0 Å². The van der Waals surface area contributed by atoms with Gasteiger partial charge in [0.25, 0.3) is 0 Å². The molecular weight excluding hydrogens is 588 g/mol. The Bertz CT molecular complexity index is 1410. The van der Waals surface area contributed by atoms with Crippen molar-refractivity contribution in [2.75, 3.05) is 11.5 Å². The summed E-state index contributed by atoms with van der Waals surface area (Å²) in [4.78, 5) is 44.9. The molecule has 0 aliphatic carbocycles. The molecule has 4 aromatic rings. The number of hydrogen-bond donors (Lipinski definition) is 4. The number of esters is 2. The Morgan fingerprint density at radius 1 is 0.478 bits per heavy atom. The zero-order chi connectivity index (χ0) is 33.9. The van der Waals surface area contributed by atoms with E-state index in [4.69, 9.17) is 31.2 Å². The van der Waals surface area contributed by atoms with Crippen molar-refractivity contribution < 1.29 is 38.9 Å². The largest absolute Gasteiger partial charge is 0.478 e. The van der Waals surface area contributed by atoms with E-state index < -0.39 is 23.9 Å². The first kappa shape index (κ1) is 36.6. The number of carbonyl (C=O) groups is 4. The van der Waals surface area contributed by atoms with E-state index in [1.807, 2.05) is 0 Å². The number of benzene rings is 4. The van der Waals surface area contributed by atoms with Gasteiger partial charge < -0.3 is 31.2 Å². The molecule has 0 bridgehead atoms. The Labute approximate surface area is 268 Å². The first-order valence-corrected chi connectivity index (χ1v) is 14.9. The first-order chi connectivity index (χ1) is 22.0. The Morgan fingerprint density at radius 3 is 1.02 bits per heavy atom. The van der Waals surface area contributed by atoms with Crippen LogP contribution in [0.3, 0.4) is 0 Å². The molecule has 46 heavy (non-hydrogen) atoms. The molecule has 0 fully saturated rings. The van der Waals surface area contributed by atoms with Crippen LogP contribution >= 0.6 is 0 Å². The SMILES string of the molecule is CCCCCCCC.Nc1ccc(C(=O)Oc2ccc(C(=O)O)cc2)cc1.Nc1ccc(C(=O)Oc2ccc(C(=O)O)cc2)cc1. The average molecular weight is 629 g/mol. The maximum atomic E-state index is 11.8. The molecule has 0 aliphatic heterocycles. The van der Waals surface area contributed by atoms with Crippen LogP contribution in [0.2, 0.25) is 0 Å². The van der Waals surface area contributed by atoms with Crippen LogP contribution in [0, 0.1) is 0 Å². The summed E-state index contributed by atoms with van der Waals surface area (Å²) in [5.74, 6) is -2.54. The van der Waals surface area contributed by atoms with Crippen molar-refractivity contribution in [3.8, 4) is 11.5 Å². The van der Waals surface area contributed by atoms with Crippen molar-refractivity contribution >= 4 is 35.3 Å². The molecule has 0 saturated carbocycles. The van der Waals surface area contributed by atoms with Crippen LogP contribution in [0.15, 0.2) is 97.1 Å².